The van der Waals surface area contributed by atoms with Gasteiger partial charge in [-0.05, 0) is 37.8 Å². The van der Waals surface area contributed by atoms with Crippen molar-refractivity contribution < 1.29 is 0 Å². The summed E-state index contributed by atoms with van der Waals surface area (Å²) in [7, 11) is 0. The molecule has 0 bridgehead atoms. The predicted molar refractivity (Wildman–Crippen MR) is 73.6 cm³/mol. The maximum absolute atomic E-state index is 4.54. The molecular weight excluding hydrogens is 242 g/mol. The minimum absolute atomic E-state index is 0.386. The molecule has 0 amide bonds. The number of hydrogen-bond acceptors (Lipinski definition) is 4. The van der Waals surface area contributed by atoms with Gasteiger partial charge in [0.2, 0.25) is 0 Å². The number of pyridine rings is 1. The lowest BCUT2D eigenvalue weighted by Crippen LogP contribution is -2.26. The van der Waals surface area contributed by atoms with Gasteiger partial charge in [-0.15, -0.1) is 11.3 Å². The summed E-state index contributed by atoms with van der Waals surface area (Å²) in [6.07, 6.45) is 5.47. The third-order valence-electron chi connectivity index (χ3n) is 3.39. The number of aryl methyl sites for hydroxylation is 2. The summed E-state index contributed by atoms with van der Waals surface area (Å²) in [6, 6.07) is 4.62. The van der Waals surface area contributed by atoms with Crippen LogP contribution in [0.1, 0.15) is 40.8 Å². The fraction of sp³-hybridized carbons (Fsp3) is 0.429. The smallest absolute Gasteiger partial charge is 0.0897 e. The Kier molecular flexibility index (Phi) is 3.39. The lowest BCUT2D eigenvalue weighted by Gasteiger charge is -2.24. The Labute approximate surface area is 111 Å². The fourth-order valence-electron chi connectivity index (χ4n) is 2.53. The minimum atomic E-state index is 0.386. The average molecular weight is 259 g/mol. The second kappa shape index (κ2) is 5.16. The van der Waals surface area contributed by atoms with E-state index < -0.39 is 0 Å². The molecule has 0 fully saturated rings. The number of fused-ring (bicyclic) bond motifs is 1. The number of nitrogens with zero attached hydrogens (tertiary/aromatic N) is 2. The van der Waals surface area contributed by atoms with E-state index >= 15 is 0 Å². The van der Waals surface area contributed by atoms with Gasteiger partial charge in [0, 0.05) is 18.1 Å². The summed E-state index contributed by atoms with van der Waals surface area (Å²) in [5, 5.41) is 6.85. The third kappa shape index (κ3) is 2.44. The van der Waals surface area contributed by atoms with Gasteiger partial charge in [0.15, 0.2) is 0 Å². The van der Waals surface area contributed by atoms with Crippen LogP contribution in [0.3, 0.4) is 0 Å². The highest BCUT2D eigenvalue weighted by Gasteiger charge is 2.20. The first-order valence-electron chi connectivity index (χ1n) is 6.41. The summed E-state index contributed by atoms with van der Waals surface area (Å²) in [5.74, 6) is 0. The van der Waals surface area contributed by atoms with E-state index in [1.165, 1.54) is 24.1 Å². The highest BCUT2D eigenvalue weighted by molar-refractivity contribution is 7.09. The molecule has 1 aliphatic rings. The largest absolute Gasteiger partial charge is 0.303 e. The molecule has 4 heteroatoms. The van der Waals surface area contributed by atoms with Gasteiger partial charge in [0.1, 0.15) is 0 Å². The molecule has 2 aromatic rings. The van der Waals surface area contributed by atoms with Crippen molar-refractivity contribution in [3.05, 3.63) is 45.7 Å². The van der Waals surface area contributed by atoms with E-state index in [2.05, 4.69) is 26.7 Å². The molecule has 1 unspecified atom stereocenters. The van der Waals surface area contributed by atoms with Crippen LogP contribution in [-0.2, 0) is 13.0 Å². The molecule has 3 nitrogen and oxygen atoms in total. The van der Waals surface area contributed by atoms with Crippen molar-refractivity contribution in [1.29, 1.82) is 0 Å². The van der Waals surface area contributed by atoms with Gasteiger partial charge in [-0.2, -0.15) is 0 Å². The average Bonchev–Trinajstić information content (AvgIpc) is 2.82. The number of hydrogen-bond donors (Lipinski definition) is 1. The van der Waals surface area contributed by atoms with Crippen LogP contribution in [-0.4, -0.2) is 9.97 Å². The van der Waals surface area contributed by atoms with Crippen LogP contribution >= 0.6 is 11.3 Å². The van der Waals surface area contributed by atoms with E-state index in [9.17, 15) is 0 Å². The van der Waals surface area contributed by atoms with E-state index in [1.54, 1.807) is 11.3 Å². The van der Waals surface area contributed by atoms with Crippen LogP contribution < -0.4 is 5.32 Å². The predicted octanol–water partition coefficient (Wildman–Crippen LogP) is 3.01. The van der Waals surface area contributed by atoms with Crippen LogP contribution in [0.2, 0.25) is 0 Å². The van der Waals surface area contributed by atoms with Crippen LogP contribution in [0, 0.1) is 6.92 Å². The normalized spacial score (nSPS) is 18.6. The van der Waals surface area contributed by atoms with Crippen LogP contribution in [0.4, 0.5) is 0 Å². The van der Waals surface area contributed by atoms with Gasteiger partial charge in [0.25, 0.3) is 0 Å². The lowest BCUT2D eigenvalue weighted by molar-refractivity contribution is 0.445. The molecule has 1 N–H and O–H groups in total. The summed E-state index contributed by atoms with van der Waals surface area (Å²) >= 11 is 1.71. The zero-order valence-electron chi connectivity index (χ0n) is 10.5. The SMILES string of the molecule is Cc1nc(CNC2CCCc3cccnc32)cs1. The van der Waals surface area contributed by atoms with Gasteiger partial charge in [-0.25, -0.2) is 4.98 Å². The number of aromatic nitrogens is 2. The van der Waals surface area contributed by atoms with Crippen molar-refractivity contribution in [3.63, 3.8) is 0 Å². The molecule has 1 aliphatic carbocycles. The van der Waals surface area contributed by atoms with Crippen LogP contribution in [0.25, 0.3) is 0 Å². The van der Waals surface area contributed by atoms with Gasteiger partial charge < -0.3 is 5.32 Å². The summed E-state index contributed by atoms with van der Waals surface area (Å²) < 4.78 is 0. The molecule has 0 aliphatic heterocycles. The standard InChI is InChI=1S/C14H17N3S/c1-10-17-12(9-18-10)8-16-13-6-2-4-11-5-3-7-15-14(11)13/h3,5,7,9,13,16H,2,4,6,8H2,1H3. The molecule has 0 radical (unpaired) electrons. The Morgan fingerprint density at radius 2 is 2.44 bits per heavy atom. The first kappa shape index (κ1) is 11.8. The Morgan fingerprint density at radius 3 is 3.28 bits per heavy atom. The lowest BCUT2D eigenvalue weighted by atomic mass is 9.92. The third-order valence-corrected chi connectivity index (χ3v) is 4.21. The summed E-state index contributed by atoms with van der Waals surface area (Å²) in [5.41, 5.74) is 3.77. The van der Waals surface area contributed by atoms with E-state index in [0.29, 0.717) is 6.04 Å². The Bertz CT molecular complexity index is 535. The van der Waals surface area contributed by atoms with Crippen molar-refractivity contribution in [1.82, 2.24) is 15.3 Å². The topological polar surface area (TPSA) is 37.8 Å². The van der Waals surface area contributed by atoms with Crippen LogP contribution in [0.5, 0.6) is 0 Å². The molecule has 0 spiro atoms. The van der Waals surface area contributed by atoms with Crippen molar-refractivity contribution in [2.45, 2.75) is 38.8 Å². The number of thiazole rings is 1. The van der Waals surface area contributed by atoms with Crippen molar-refractivity contribution in [2.24, 2.45) is 0 Å². The zero-order valence-corrected chi connectivity index (χ0v) is 11.3. The monoisotopic (exact) mass is 259 g/mol. The number of rotatable bonds is 3. The Balaban J connectivity index is 1.71. The molecule has 94 valence electrons. The van der Waals surface area contributed by atoms with Gasteiger partial charge in [0.05, 0.1) is 22.4 Å². The number of nitrogens with one attached hydrogen (secondary N) is 1. The van der Waals surface area contributed by atoms with Crippen molar-refractivity contribution in [2.75, 3.05) is 0 Å². The van der Waals surface area contributed by atoms with Gasteiger partial charge >= 0.3 is 0 Å². The maximum atomic E-state index is 4.54. The molecule has 0 aromatic carbocycles. The van der Waals surface area contributed by atoms with Crippen molar-refractivity contribution >= 4 is 11.3 Å². The molecule has 0 saturated heterocycles. The van der Waals surface area contributed by atoms with E-state index in [4.69, 9.17) is 0 Å². The highest BCUT2D eigenvalue weighted by atomic mass is 32.1. The molecule has 18 heavy (non-hydrogen) atoms. The fourth-order valence-corrected chi connectivity index (χ4v) is 3.14. The Morgan fingerprint density at radius 1 is 1.50 bits per heavy atom. The van der Waals surface area contributed by atoms with E-state index in [1.807, 2.05) is 19.2 Å². The molecular formula is C14H17N3S. The van der Waals surface area contributed by atoms with Crippen LogP contribution in [0.15, 0.2) is 23.7 Å². The molecule has 0 saturated carbocycles. The van der Waals surface area contributed by atoms with E-state index in [0.717, 1.165) is 23.7 Å². The Hall–Kier alpha value is -1.26. The second-order valence-electron chi connectivity index (χ2n) is 4.73. The second-order valence-corrected chi connectivity index (χ2v) is 5.79. The summed E-state index contributed by atoms with van der Waals surface area (Å²) in [6.45, 7) is 2.89. The first-order valence-corrected chi connectivity index (χ1v) is 7.29. The quantitative estimate of drug-likeness (QED) is 0.920. The summed E-state index contributed by atoms with van der Waals surface area (Å²) in [4.78, 5) is 9.02. The molecule has 2 aromatic heterocycles. The zero-order chi connectivity index (χ0) is 12.4. The molecule has 2 heterocycles. The highest BCUT2D eigenvalue weighted by Crippen LogP contribution is 2.27. The minimum Gasteiger partial charge on any atom is -0.303 e. The first-order chi connectivity index (χ1) is 8.83. The van der Waals surface area contributed by atoms with E-state index in [-0.39, 0.29) is 0 Å². The maximum Gasteiger partial charge on any atom is 0.0897 e. The molecule has 1 atom stereocenters. The van der Waals surface area contributed by atoms with Gasteiger partial charge in [-0.3, -0.25) is 4.98 Å². The van der Waals surface area contributed by atoms with Crippen molar-refractivity contribution in [3.8, 4) is 0 Å². The molecule has 3 rings (SSSR count). The van der Waals surface area contributed by atoms with Gasteiger partial charge in [-0.1, -0.05) is 6.07 Å².